The van der Waals surface area contributed by atoms with E-state index in [0.29, 0.717) is 22.1 Å². The second-order valence-corrected chi connectivity index (χ2v) is 6.75. The third-order valence-corrected chi connectivity index (χ3v) is 4.73. The number of benzene rings is 3. The molecule has 0 atom stereocenters. The van der Waals surface area contributed by atoms with Crippen LogP contribution in [-0.4, -0.2) is 14.7 Å². The molecule has 1 aromatic heterocycles. The number of halogens is 3. The van der Waals surface area contributed by atoms with Crippen LogP contribution in [0.25, 0.3) is 28.3 Å². The first-order valence-electron chi connectivity index (χ1n) is 8.12. The first kappa shape index (κ1) is 17.6. The molecule has 0 aliphatic rings. The SMILES string of the molecule is Oc1ccc(Cl)cc1-c1cnc(-c2ccccc2)n1-c1cccc(Cl)c1F. The van der Waals surface area contributed by atoms with Crippen molar-refractivity contribution in [2.45, 2.75) is 0 Å². The van der Waals surface area contributed by atoms with Gasteiger partial charge in [-0.1, -0.05) is 59.6 Å². The highest BCUT2D eigenvalue weighted by molar-refractivity contribution is 6.31. The summed E-state index contributed by atoms with van der Waals surface area (Å²) in [5, 5.41) is 10.8. The van der Waals surface area contributed by atoms with E-state index in [4.69, 9.17) is 23.2 Å². The van der Waals surface area contributed by atoms with Crippen LogP contribution in [0.15, 0.2) is 72.9 Å². The summed E-state index contributed by atoms with van der Waals surface area (Å²) in [6, 6.07) is 18.8. The van der Waals surface area contributed by atoms with Crippen molar-refractivity contribution < 1.29 is 9.50 Å². The number of phenols is 1. The van der Waals surface area contributed by atoms with Gasteiger partial charge >= 0.3 is 0 Å². The summed E-state index contributed by atoms with van der Waals surface area (Å²) in [7, 11) is 0. The van der Waals surface area contributed by atoms with Crippen LogP contribution in [-0.2, 0) is 0 Å². The number of phenolic OH excluding ortho intramolecular Hbond substituents is 1. The lowest BCUT2D eigenvalue weighted by molar-refractivity contribution is 0.477. The summed E-state index contributed by atoms with van der Waals surface area (Å²) >= 11 is 12.1. The fraction of sp³-hybridized carbons (Fsp3) is 0. The van der Waals surface area contributed by atoms with E-state index >= 15 is 0 Å². The molecule has 0 amide bonds. The molecule has 6 heteroatoms. The van der Waals surface area contributed by atoms with Gasteiger partial charge in [-0.05, 0) is 30.3 Å². The van der Waals surface area contributed by atoms with Crippen molar-refractivity contribution >= 4 is 23.2 Å². The van der Waals surface area contributed by atoms with Crippen LogP contribution in [0.1, 0.15) is 0 Å². The molecule has 134 valence electrons. The average molecular weight is 399 g/mol. The standard InChI is InChI=1S/C21H13Cl2FN2O/c22-14-9-10-19(27)15(11-14)18-12-25-21(13-5-2-1-3-6-13)26(18)17-8-4-7-16(23)20(17)24/h1-12,27H. The number of aromatic hydroxyl groups is 1. The lowest BCUT2D eigenvalue weighted by atomic mass is 10.1. The van der Waals surface area contributed by atoms with Crippen molar-refractivity contribution in [3.05, 3.63) is 88.8 Å². The zero-order chi connectivity index (χ0) is 19.0. The Hall–Kier alpha value is -2.82. The van der Waals surface area contributed by atoms with Gasteiger partial charge in [-0.3, -0.25) is 4.57 Å². The lowest BCUT2D eigenvalue weighted by Crippen LogP contribution is -2.03. The molecule has 0 aliphatic heterocycles. The predicted octanol–water partition coefficient (Wildman–Crippen LogP) is 6.36. The van der Waals surface area contributed by atoms with Crippen molar-refractivity contribution in [3.63, 3.8) is 0 Å². The minimum Gasteiger partial charge on any atom is -0.507 e. The molecule has 4 rings (SSSR count). The monoisotopic (exact) mass is 398 g/mol. The quantitative estimate of drug-likeness (QED) is 0.436. The van der Waals surface area contributed by atoms with Crippen molar-refractivity contribution in [1.82, 2.24) is 9.55 Å². The van der Waals surface area contributed by atoms with Gasteiger partial charge in [0.25, 0.3) is 0 Å². The van der Waals surface area contributed by atoms with Crippen molar-refractivity contribution in [2.75, 3.05) is 0 Å². The zero-order valence-electron chi connectivity index (χ0n) is 13.9. The first-order valence-corrected chi connectivity index (χ1v) is 8.88. The average Bonchev–Trinajstić information content (AvgIpc) is 3.11. The van der Waals surface area contributed by atoms with Crippen molar-refractivity contribution in [3.8, 4) is 34.1 Å². The molecule has 3 aromatic carbocycles. The Balaban J connectivity index is 2.05. The summed E-state index contributed by atoms with van der Waals surface area (Å²) < 4.78 is 16.5. The molecular formula is C21H13Cl2FN2O. The summed E-state index contributed by atoms with van der Waals surface area (Å²) in [5.41, 5.74) is 1.96. The van der Waals surface area contributed by atoms with Gasteiger partial charge in [-0.2, -0.15) is 0 Å². The fourth-order valence-electron chi connectivity index (χ4n) is 2.96. The van der Waals surface area contributed by atoms with Gasteiger partial charge in [0.1, 0.15) is 11.6 Å². The fourth-order valence-corrected chi connectivity index (χ4v) is 3.30. The Labute approximate surface area is 165 Å². The Morgan fingerprint density at radius 1 is 0.926 bits per heavy atom. The number of aromatic nitrogens is 2. The second kappa shape index (κ2) is 7.06. The van der Waals surface area contributed by atoms with Crippen LogP contribution < -0.4 is 0 Å². The largest absolute Gasteiger partial charge is 0.507 e. The molecule has 0 unspecified atom stereocenters. The molecule has 1 heterocycles. The van der Waals surface area contributed by atoms with E-state index in [0.717, 1.165) is 5.56 Å². The Bertz CT molecular complexity index is 1130. The smallest absolute Gasteiger partial charge is 0.165 e. The van der Waals surface area contributed by atoms with Gasteiger partial charge in [0.2, 0.25) is 0 Å². The molecule has 0 radical (unpaired) electrons. The third kappa shape index (κ3) is 3.18. The second-order valence-electron chi connectivity index (χ2n) is 5.90. The number of hydrogen-bond acceptors (Lipinski definition) is 2. The van der Waals surface area contributed by atoms with Crippen LogP contribution in [0.2, 0.25) is 10.0 Å². The van der Waals surface area contributed by atoms with Crippen LogP contribution in [0.3, 0.4) is 0 Å². The summed E-state index contributed by atoms with van der Waals surface area (Å²) in [4.78, 5) is 4.48. The molecular weight excluding hydrogens is 386 g/mol. The summed E-state index contributed by atoms with van der Waals surface area (Å²) in [5.74, 6) is -0.0362. The normalized spacial score (nSPS) is 10.9. The van der Waals surface area contributed by atoms with Crippen LogP contribution in [0, 0.1) is 5.82 Å². The number of nitrogens with zero attached hydrogens (tertiary/aromatic N) is 2. The van der Waals surface area contributed by atoms with Gasteiger partial charge in [-0.25, -0.2) is 9.37 Å². The highest BCUT2D eigenvalue weighted by Crippen LogP contribution is 2.37. The van der Waals surface area contributed by atoms with E-state index in [2.05, 4.69) is 4.98 Å². The molecule has 27 heavy (non-hydrogen) atoms. The van der Waals surface area contributed by atoms with Crippen LogP contribution in [0.5, 0.6) is 5.75 Å². The Kier molecular flexibility index (Phi) is 4.60. The van der Waals surface area contributed by atoms with Gasteiger partial charge in [0, 0.05) is 16.1 Å². The van der Waals surface area contributed by atoms with E-state index < -0.39 is 5.82 Å². The Morgan fingerprint density at radius 2 is 1.70 bits per heavy atom. The van der Waals surface area contributed by atoms with E-state index in [9.17, 15) is 9.50 Å². The maximum Gasteiger partial charge on any atom is 0.165 e. The number of rotatable bonds is 3. The minimum atomic E-state index is -0.572. The highest BCUT2D eigenvalue weighted by Gasteiger charge is 2.20. The molecule has 4 aromatic rings. The maximum absolute atomic E-state index is 14.9. The maximum atomic E-state index is 14.9. The number of hydrogen-bond donors (Lipinski definition) is 1. The van der Waals surface area contributed by atoms with Gasteiger partial charge < -0.3 is 5.11 Å². The van der Waals surface area contributed by atoms with Gasteiger partial charge in [0.05, 0.1) is 22.6 Å². The van der Waals surface area contributed by atoms with Crippen molar-refractivity contribution in [1.29, 1.82) is 0 Å². The van der Waals surface area contributed by atoms with Crippen LogP contribution in [0.4, 0.5) is 4.39 Å². The zero-order valence-corrected chi connectivity index (χ0v) is 15.4. The predicted molar refractivity (Wildman–Crippen MR) is 106 cm³/mol. The van der Waals surface area contributed by atoms with E-state index in [1.807, 2.05) is 30.3 Å². The molecule has 0 fully saturated rings. The molecule has 0 spiro atoms. The molecule has 3 nitrogen and oxygen atoms in total. The minimum absolute atomic E-state index is 0.00137. The molecule has 0 saturated heterocycles. The molecule has 0 saturated carbocycles. The molecule has 0 bridgehead atoms. The topological polar surface area (TPSA) is 38.1 Å². The van der Waals surface area contributed by atoms with E-state index in [1.54, 1.807) is 35.0 Å². The van der Waals surface area contributed by atoms with Gasteiger partial charge in [0.15, 0.2) is 5.82 Å². The third-order valence-electron chi connectivity index (χ3n) is 4.20. The first-order chi connectivity index (χ1) is 13.1. The van der Waals surface area contributed by atoms with Crippen LogP contribution >= 0.6 is 23.2 Å². The molecule has 0 aliphatic carbocycles. The Morgan fingerprint density at radius 3 is 2.48 bits per heavy atom. The number of imidazole rings is 1. The van der Waals surface area contributed by atoms with Crippen molar-refractivity contribution in [2.24, 2.45) is 0 Å². The lowest BCUT2D eigenvalue weighted by Gasteiger charge is -2.15. The molecule has 1 N–H and O–H groups in total. The summed E-state index contributed by atoms with van der Waals surface area (Å²) in [6.45, 7) is 0. The van der Waals surface area contributed by atoms with E-state index in [-0.39, 0.29) is 16.5 Å². The van der Waals surface area contributed by atoms with E-state index in [1.165, 1.54) is 12.1 Å². The highest BCUT2D eigenvalue weighted by atomic mass is 35.5. The van der Waals surface area contributed by atoms with Gasteiger partial charge in [-0.15, -0.1) is 0 Å². The summed E-state index contributed by atoms with van der Waals surface area (Å²) in [6.07, 6.45) is 1.58.